The van der Waals surface area contributed by atoms with Crippen LogP contribution in [-0.2, 0) is 27.3 Å². The van der Waals surface area contributed by atoms with Gasteiger partial charge >= 0.3 is 0 Å². The Hall–Kier alpha value is -4.18. The van der Waals surface area contributed by atoms with Crippen molar-refractivity contribution in [1.82, 2.24) is 15.5 Å². The highest BCUT2D eigenvalue weighted by molar-refractivity contribution is 8.15. The minimum atomic E-state index is -0.860. The van der Waals surface area contributed by atoms with Crippen LogP contribution in [0.15, 0.2) is 87.4 Å². The number of benzene rings is 2. The topological polar surface area (TPSA) is 116 Å². The third-order valence-electron chi connectivity index (χ3n) is 6.43. The Morgan fingerprint density at radius 3 is 2.62 bits per heavy atom. The number of amidine groups is 2. The molecule has 10 heteroatoms. The van der Waals surface area contributed by atoms with Crippen molar-refractivity contribution in [2.45, 2.75) is 44.0 Å². The molecule has 2 aromatic carbocycles. The van der Waals surface area contributed by atoms with E-state index in [1.165, 1.54) is 16.7 Å². The fourth-order valence-electron chi connectivity index (χ4n) is 4.40. The first-order valence-corrected chi connectivity index (χ1v) is 13.8. The molecule has 3 amide bonds. The third kappa shape index (κ3) is 6.12. The highest BCUT2D eigenvalue weighted by atomic mass is 32.2. The van der Waals surface area contributed by atoms with Crippen LogP contribution in [0.25, 0.3) is 0 Å². The van der Waals surface area contributed by atoms with Gasteiger partial charge in [-0.05, 0) is 42.7 Å². The normalized spacial score (nSPS) is 16.6. The van der Waals surface area contributed by atoms with Gasteiger partial charge in [-0.1, -0.05) is 61.2 Å². The molecule has 0 saturated carbocycles. The maximum absolute atomic E-state index is 13.5. The second kappa shape index (κ2) is 12.1. The molecule has 3 heterocycles. The highest BCUT2D eigenvalue weighted by Gasteiger charge is 2.43. The van der Waals surface area contributed by atoms with Crippen molar-refractivity contribution in [1.29, 1.82) is 0 Å². The van der Waals surface area contributed by atoms with Gasteiger partial charge in [0.2, 0.25) is 11.8 Å². The molecular weight excluding hydrogens is 514 g/mol. The van der Waals surface area contributed by atoms with Crippen molar-refractivity contribution < 1.29 is 18.8 Å². The second-order valence-electron chi connectivity index (χ2n) is 9.16. The quantitative estimate of drug-likeness (QED) is 0.403. The van der Waals surface area contributed by atoms with E-state index in [0.717, 1.165) is 11.1 Å². The molecule has 2 aliphatic rings. The Morgan fingerprint density at radius 2 is 1.85 bits per heavy atom. The molecule has 3 aromatic rings. The molecule has 0 saturated heterocycles. The van der Waals surface area contributed by atoms with E-state index in [1.807, 2.05) is 61.5 Å². The van der Waals surface area contributed by atoms with Gasteiger partial charge in [-0.25, -0.2) is 9.89 Å². The molecule has 200 valence electrons. The predicted molar refractivity (Wildman–Crippen MR) is 151 cm³/mol. The van der Waals surface area contributed by atoms with Gasteiger partial charge in [0.15, 0.2) is 5.17 Å². The molecule has 1 aromatic heterocycles. The zero-order valence-corrected chi connectivity index (χ0v) is 22.3. The van der Waals surface area contributed by atoms with E-state index in [0.29, 0.717) is 41.8 Å². The first-order chi connectivity index (χ1) is 19.0. The van der Waals surface area contributed by atoms with Crippen LogP contribution in [0.5, 0.6) is 0 Å². The predicted octanol–water partition coefficient (Wildman–Crippen LogP) is 3.82. The maximum atomic E-state index is 13.5. The SMILES string of the molecule is CCC(SC1=Nc2ccccc2C2=NC(CC(=O)NCCc3ccccc3)C(=O)N12)C(=O)NCc1ccco1. The van der Waals surface area contributed by atoms with Crippen molar-refractivity contribution in [2.24, 2.45) is 9.98 Å². The number of furan rings is 1. The van der Waals surface area contributed by atoms with Crippen LogP contribution in [0.1, 0.15) is 36.7 Å². The number of carbonyl (C=O) groups is 3. The lowest BCUT2D eigenvalue weighted by atomic mass is 10.1. The van der Waals surface area contributed by atoms with Gasteiger partial charge in [0.1, 0.15) is 17.6 Å². The fraction of sp³-hybridized carbons (Fsp3) is 0.276. The van der Waals surface area contributed by atoms with E-state index in [9.17, 15) is 14.4 Å². The summed E-state index contributed by atoms with van der Waals surface area (Å²) in [4.78, 5) is 50.0. The largest absolute Gasteiger partial charge is 0.467 e. The maximum Gasteiger partial charge on any atom is 0.259 e. The zero-order chi connectivity index (χ0) is 27.2. The fourth-order valence-corrected chi connectivity index (χ4v) is 5.45. The van der Waals surface area contributed by atoms with Crippen LogP contribution < -0.4 is 10.6 Å². The van der Waals surface area contributed by atoms with Gasteiger partial charge in [-0.15, -0.1) is 0 Å². The van der Waals surface area contributed by atoms with E-state index in [-0.39, 0.29) is 30.7 Å². The van der Waals surface area contributed by atoms with Crippen LogP contribution in [-0.4, -0.2) is 51.5 Å². The van der Waals surface area contributed by atoms with Crippen LogP contribution in [0.3, 0.4) is 0 Å². The average Bonchev–Trinajstić information content (AvgIpc) is 3.59. The van der Waals surface area contributed by atoms with Gasteiger partial charge in [0, 0.05) is 12.1 Å². The Bertz CT molecular complexity index is 1400. The molecule has 0 aliphatic carbocycles. The number of hydrogen-bond donors (Lipinski definition) is 2. The van der Waals surface area contributed by atoms with Crippen LogP contribution in [0.2, 0.25) is 0 Å². The molecule has 0 radical (unpaired) electrons. The molecule has 2 atom stereocenters. The van der Waals surface area contributed by atoms with Gasteiger partial charge in [-0.3, -0.25) is 19.4 Å². The van der Waals surface area contributed by atoms with Crippen molar-refractivity contribution in [2.75, 3.05) is 6.54 Å². The van der Waals surface area contributed by atoms with E-state index >= 15 is 0 Å². The summed E-state index contributed by atoms with van der Waals surface area (Å²) in [6, 6.07) is 20.0. The van der Waals surface area contributed by atoms with E-state index in [2.05, 4.69) is 15.6 Å². The number of thioether (sulfide) groups is 1. The number of hydrogen-bond acceptors (Lipinski definition) is 7. The number of para-hydroxylation sites is 1. The van der Waals surface area contributed by atoms with Crippen molar-refractivity contribution >= 4 is 46.2 Å². The summed E-state index contributed by atoms with van der Waals surface area (Å²) < 4.78 is 5.30. The lowest BCUT2D eigenvalue weighted by Crippen LogP contribution is -2.43. The van der Waals surface area contributed by atoms with E-state index in [4.69, 9.17) is 9.41 Å². The van der Waals surface area contributed by atoms with Crippen molar-refractivity contribution in [3.63, 3.8) is 0 Å². The monoisotopic (exact) mass is 543 g/mol. The smallest absolute Gasteiger partial charge is 0.259 e. The molecule has 0 fully saturated rings. The summed E-state index contributed by atoms with van der Waals surface area (Å²) in [6.45, 7) is 2.65. The van der Waals surface area contributed by atoms with Crippen LogP contribution in [0.4, 0.5) is 5.69 Å². The third-order valence-corrected chi connectivity index (χ3v) is 7.75. The highest BCUT2D eigenvalue weighted by Crippen LogP contribution is 2.35. The van der Waals surface area contributed by atoms with E-state index < -0.39 is 11.3 Å². The second-order valence-corrected chi connectivity index (χ2v) is 10.3. The number of rotatable bonds is 10. The lowest BCUT2D eigenvalue weighted by Gasteiger charge is -2.27. The Kier molecular flexibility index (Phi) is 8.21. The molecule has 9 nitrogen and oxygen atoms in total. The summed E-state index contributed by atoms with van der Waals surface area (Å²) in [7, 11) is 0. The molecule has 0 bridgehead atoms. The molecule has 39 heavy (non-hydrogen) atoms. The molecule has 0 spiro atoms. The summed E-state index contributed by atoms with van der Waals surface area (Å²) in [6.07, 6.45) is 2.72. The number of carbonyl (C=O) groups excluding carboxylic acids is 3. The lowest BCUT2D eigenvalue weighted by molar-refractivity contribution is -0.128. The zero-order valence-electron chi connectivity index (χ0n) is 21.5. The van der Waals surface area contributed by atoms with Gasteiger partial charge in [0.25, 0.3) is 5.91 Å². The van der Waals surface area contributed by atoms with Gasteiger partial charge in [-0.2, -0.15) is 0 Å². The van der Waals surface area contributed by atoms with Gasteiger partial charge < -0.3 is 15.1 Å². The molecule has 2 N–H and O–H groups in total. The Morgan fingerprint density at radius 1 is 1.05 bits per heavy atom. The van der Waals surface area contributed by atoms with Crippen molar-refractivity contribution in [3.8, 4) is 0 Å². The van der Waals surface area contributed by atoms with Crippen LogP contribution >= 0.6 is 11.8 Å². The summed E-state index contributed by atoms with van der Waals surface area (Å²) >= 11 is 1.22. The average molecular weight is 544 g/mol. The number of fused-ring (bicyclic) bond motifs is 3. The Balaban J connectivity index is 1.28. The minimum absolute atomic E-state index is 0.0609. The number of amides is 3. The van der Waals surface area contributed by atoms with Gasteiger partial charge in [0.05, 0.1) is 30.2 Å². The summed E-state index contributed by atoms with van der Waals surface area (Å²) in [5, 5.41) is 5.68. The molecule has 5 rings (SSSR count). The molecular formula is C29H29N5O4S. The summed E-state index contributed by atoms with van der Waals surface area (Å²) in [5.41, 5.74) is 2.51. The van der Waals surface area contributed by atoms with Crippen LogP contribution in [0, 0.1) is 0 Å². The first-order valence-electron chi connectivity index (χ1n) is 12.9. The first kappa shape index (κ1) is 26.4. The number of nitrogens with zero attached hydrogens (tertiary/aromatic N) is 3. The Labute approximate surface area is 230 Å². The molecule has 2 aliphatic heterocycles. The number of nitrogens with one attached hydrogen (secondary N) is 2. The van der Waals surface area contributed by atoms with E-state index in [1.54, 1.807) is 18.4 Å². The number of aliphatic imine (C=N–C) groups is 2. The van der Waals surface area contributed by atoms with Crippen molar-refractivity contribution in [3.05, 3.63) is 89.9 Å². The minimum Gasteiger partial charge on any atom is -0.467 e. The standard InChI is InChI=1S/C29H29N5O4S/c1-2-24(27(36)31-18-20-11-8-16-38-20)39-29-33-22-13-7-6-12-21(22)26-32-23(28(37)34(26)29)17-25(35)30-15-14-19-9-4-3-5-10-19/h3-13,16,23-24H,2,14-15,17-18H2,1H3,(H,30,35)(H,31,36). The molecule has 2 unspecified atom stereocenters. The summed E-state index contributed by atoms with van der Waals surface area (Å²) in [5.74, 6) is 0.369.